The number of aliphatic hydroxyl groups is 1. The lowest BCUT2D eigenvalue weighted by Gasteiger charge is -2.40. The lowest BCUT2D eigenvalue weighted by atomic mass is 9.75. The minimum absolute atomic E-state index is 0.583. The maximum Gasteiger partial charge on any atom is 0.178 e. The summed E-state index contributed by atoms with van der Waals surface area (Å²) in [4.78, 5) is 0. The van der Waals surface area contributed by atoms with Gasteiger partial charge in [-0.15, -0.1) is 0 Å². The Labute approximate surface area is 268 Å². The number of fused-ring (bicyclic) bond motifs is 3. The summed E-state index contributed by atoms with van der Waals surface area (Å²) in [6.45, 7) is 0. The molecule has 1 heterocycles. The molecule has 6 aromatic rings. The van der Waals surface area contributed by atoms with Crippen LogP contribution in [0.25, 0.3) is 16.8 Å². The number of hydrogen-bond acceptors (Lipinski definition) is 5. The molecule has 1 N–H and O–H groups in total. The van der Waals surface area contributed by atoms with Gasteiger partial charge < -0.3 is 24.1 Å². The monoisotopic (exact) mass is 606 g/mol. The van der Waals surface area contributed by atoms with Gasteiger partial charge in [-0.25, -0.2) is 0 Å². The first-order valence-corrected chi connectivity index (χ1v) is 15.2. The Morgan fingerprint density at radius 2 is 1.04 bits per heavy atom. The van der Waals surface area contributed by atoms with Gasteiger partial charge in [0.05, 0.1) is 21.3 Å². The molecule has 6 aromatic carbocycles. The zero-order valence-electron chi connectivity index (χ0n) is 25.9. The summed E-state index contributed by atoms with van der Waals surface area (Å²) >= 11 is 0. The first kappa shape index (κ1) is 29.2. The van der Waals surface area contributed by atoms with Crippen LogP contribution in [0.4, 0.5) is 0 Å². The van der Waals surface area contributed by atoms with E-state index in [0.717, 1.165) is 39.0 Å². The molecule has 0 bridgehead atoms. The van der Waals surface area contributed by atoms with E-state index < -0.39 is 11.2 Å². The van der Waals surface area contributed by atoms with Gasteiger partial charge in [-0.1, -0.05) is 115 Å². The highest BCUT2D eigenvalue weighted by atomic mass is 16.5. The van der Waals surface area contributed by atoms with Gasteiger partial charge in [0.25, 0.3) is 0 Å². The Kier molecular flexibility index (Phi) is 7.47. The van der Waals surface area contributed by atoms with E-state index in [4.69, 9.17) is 18.9 Å². The van der Waals surface area contributed by atoms with Crippen LogP contribution >= 0.6 is 0 Å². The van der Waals surface area contributed by atoms with E-state index in [1.807, 2.05) is 133 Å². The Hall–Kier alpha value is -5.52. The van der Waals surface area contributed by atoms with E-state index in [0.29, 0.717) is 28.2 Å². The summed E-state index contributed by atoms with van der Waals surface area (Å²) in [6, 6.07) is 43.3. The minimum atomic E-state index is -1.57. The van der Waals surface area contributed by atoms with E-state index in [2.05, 4.69) is 12.2 Å². The molecule has 0 saturated carbocycles. The van der Waals surface area contributed by atoms with Crippen LogP contribution < -0.4 is 18.9 Å². The van der Waals surface area contributed by atoms with E-state index in [1.54, 1.807) is 21.3 Å². The lowest BCUT2D eigenvalue weighted by Crippen LogP contribution is -2.36. The highest BCUT2D eigenvalue weighted by molar-refractivity contribution is 6.00. The van der Waals surface area contributed by atoms with Crippen molar-refractivity contribution in [1.29, 1.82) is 0 Å². The van der Waals surface area contributed by atoms with Gasteiger partial charge in [-0.3, -0.25) is 0 Å². The third kappa shape index (κ3) is 4.59. The van der Waals surface area contributed by atoms with Crippen LogP contribution in [0, 0.1) is 0 Å². The summed E-state index contributed by atoms with van der Waals surface area (Å²) in [5.41, 5.74) is 2.04. The van der Waals surface area contributed by atoms with Gasteiger partial charge in [0.2, 0.25) is 0 Å². The summed E-state index contributed by atoms with van der Waals surface area (Å²) in [5.74, 6) is 2.73. The molecule has 46 heavy (non-hydrogen) atoms. The molecule has 1 aliphatic heterocycles. The smallest absolute Gasteiger partial charge is 0.178 e. The van der Waals surface area contributed by atoms with Crippen molar-refractivity contribution in [2.45, 2.75) is 11.2 Å². The largest absolute Gasteiger partial charge is 0.497 e. The zero-order chi connectivity index (χ0) is 31.7. The standard InChI is InChI=1S/C41H34O5/c1-43-32-22-18-28(19-23-32)40(29-20-24-33(44-2)25-21-29)27-26-36-37(39(45-3)35-17-11-10-16-34(35)38(36)46-40)41(42,30-12-6-4-7-13-30)31-14-8-5-9-15-31/h4-27,42H,1-3H3. The Morgan fingerprint density at radius 1 is 0.565 bits per heavy atom. The van der Waals surface area contributed by atoms with Crippen molar-refractivity contribution >= 4 is 16.8 Å². The summed E-state index contributed by atoms with van der Waals surface area (Å²) < 4.78 is 24.5. The van der Waals surface area contributed by atoms with E-state index >= 15 is 0 Å². The summed E-state index contributed by atoms with van der Waals surface area (Å²) in [6.07, 6.45) is 4.13. The second-order valence-corrected chi connectivity index (χ2v) is 11.3. The molecule has 1 aliphatic rings. The average molecular weight is 607 g/mol. The summed E-state index contributed by atoms with van der Waals surface area (Å²) in [7, 11) is 4.97. The molecule has 5 heteroatoms. The van der Waals surface area contributed by atoms with Crippen molar-refractivity contribution in [2.24, 2.45) is 0 Å². The molecule has 0 amide bonds. The van der Waals surface area contributed by atoms with Gasteiger partial charge in [-0.05, 0) is 41.5 Å². The highest BCUT2D eigenvalue weighted by Gasteiger charge is 2.44. The number of benzene rings is 6. The zero-order valence-corrected chi connectivity index (χ0v) is 25.9. The Morgan fingerprint density at radius 3 is 1.52 bits per heavy atom. The van der Waals surface area contributed by atoms with Gasteiger partial charge in [-0.2, -0.15) is 0 Å². The molecule has 5 nitrogen and oxygen atoms in total. The highest BCUT2D eigenvalue weighted by Crippen LogP contribution is 2.54. The van der Waals surface area contributed by atoms with Crippen molar-refractivity contribution in [1.82, 2.24) is 0 Å². The van der Waals surface area contributed by atoms with E-state index in [1.165, 1.54) is 0 Å². The second-order valence-electron chi connectivity index (χ2n) is 11.3. The fourth-order valence-electron chi connectivity index (χ4n) is 6.60. The van der Waals surface area contributed by atoms with Crippen molar-refractivity contribution in [3.05, 3.63) is 173 Å². The lowest BCUT2D eigenvalue weighted by molar-refractivity contribution is 0.119. The van der Waals surface area contributed by atoms with Gasteiger partial charge in [0.1, 0.15) is 28.6 Å². The van der Waals surface area contributed by atoms with Crippen LogP contribution in [0.2, 0.25) is 0 Å². The van der Waals surface area contributed by atoms with E-state index in [-0.39, 0.29) is 0 Å². The van der Waals surface area contributed by atoms with Gasteiger partial charge >= 0.3 is 0 Å². The first-order chi connectivity index (χ1) is 22.5. The molecular formula is C41H34O5. The molecule has 0 unspecified atom stereocenters. The van der Waals surface area contributed by atoms with Crippen LogP contribution in [-0.4, -0.2) is 26.4 Å². The number of rotatable bonds is 8. The average Bonchev–Trinajstić information content (AvgIpc) is 3.14. The van der Waals surface area contributed by atoms with Crippen molar-refractivity contribution in [3.63, 3.8) is 0 Å². The number of hydrogen-bond donors (Lipinski definition) is 1. The SMILES string of the molecule is COc1ccc(C2(c3ccc(OC)cc3)C=Cc3c(C(O)(c4ccccc4)c4ccccc4)c(OC)c4ccccc4c3O2)cc1. The molecule has 0 spiro atoms. The third-order valence-electron chi connectivity index (χ3n) is 8.89. The summed E-state index contributed by atoms with van der Waals surface area (Å²) in [5, 5.41) is 14.8. The number of methoxy groups -OCH3 is 3. The fraction of sp³-hybridized carbons (Fsp3) is 0.122. The predicted octanol–water partition coefficient (Wildman–Crippen LogP) is 8.50. The molecule has 228 valence electrons. The maximum absolute atomic E-state index is 13.1. The van der Waals surface area contributed by atoms with Gasteiger partial charge in [0, 0.05) is 33.0 Å². The van der Waals surface area contributed by atoms with Crippen LogP contribution in [0.15, 0.2) is 140 Å². The second kappa shape index (κ2) is 11.8. The molecule has 0 aromatic heterocycles. The quantitative estimate of drug-likeness (QED) is 0.176. The van der Waals surface area contributed by atoms with Crippen LogP contribution in [0.1, 0.15) is 33.4 Å². The molecule has 0 radical (unpaired) electrons. The Balaban J connectivity index is 1.57. The fourth-order valence-corrected chi connectivity index (χ4v) is 6.60. The van der Waals surface area contributed by atoms with Crippen LogP contribution in [0.5, 0.6) is 23.0 Å². The molecule has 0 atom stereocenters. The maximum atomic E-state index is 13.1. The molecule has 0 aliphatic carbocycles. The first-order valence-electron chi connectivity index (χ1n) is 15.2. The van der Waals surface area contributed by atoms with Crippen LogP contribution in [0.3, 0.4) is 0 Å². The van der Waals surface area contributed by atoms with Crippen molar-refractivity contribution in [2.75, 3.05) is 21.3 Å². The minimum Gasteiger partial charge on any atom is -0.497 e. The van der Waals surface area contributed by atoms with Crippen LogP contribution in [-0.2, 0) is 11.2 Å². The van der Waals surface area contributed by atoms with Gasteiger partial charge in [0.15, 0.2) is 5.60 Å². The molecule has 7 rings (SSSR count). The molecule has 0 saturated heterocycles. The van der Waals surface area contributed by atoms with Crippen molar-refractivity contribution < 1.29 is 24.1 Å². The molecule has 0 fully saturated rings. The third-order valence-corrected chi connectivity index (χ3v) is 8.89. The predicted molar refractivity (Wildman–Crippen MR) is 182 cm³/mol. The Bertz CT molecular complexity index is 1930. The van der Waals surface area contributed by atoms with E-state index in [9.17, 15) is 5.11 Å². The normalized spacial score (nSPS) is 13.5. The van der Waals surface area contributed by atoms with Crippen molar-refractivity contribution in [3.8, 4) is 23.0 Å². The topological polar surface area (TPSA) is 57.2 Å². The molecular weight excluding hydrogens is 572 g/mol. The number of ether oxygens (including phenoxy) is 4.